The summed E-state index contributed by atoms with van der Waals surface area (Å²) in [5.74, 6) is 1.96. The second-order valence-corrected chi connectivity index (χ2v) is 6.17. The average Bonchev–Trinajstić information content (AvgIpc) is 2.66. The van der Waals surface area contributed by atoms with E-state index in [1.807, 2.05) is 24.5 Å². The van der Waals surface area contributed by atoms with E-state index in [0.29, 0.717) is 0 Å². The SMILES string of the molecule is Cc1ncsc1C=CB1OC(C)(C)C(C)(C)O1. The molecular formula is C12H18BNO2S. The van der Waals surface area contributed by atoms with Crippen LogP contribution in [0.15, 0.2) is 11.5 Å². The molecule has 0 atom stereocenters. The minimum atomic E-state index is -0.276. The van der Waals surface area contributed by atoms with Gasteiger partial charge in [-0.3, -0.25) is 0 Å². The summed E-state index contributed by atoms with van der Waals surface area (Å²) in [5, 5.41) is 0. The van der Waals surface area contributed by atoms with E-state index in [1.165, 1.54) is 0 Å². The number of aromatic nitrogens is 1. The van der Waals surface area contributed by atoms with Gasteiger partial charge in [0.1, 0.15) is 0 Å². The summed E-state index contributed by atoms with van der Waals surface area (Å²) >= 11 is 1.62. The van der Waals surface area contributed by atoms with Crippen LogP contribution in [0.5, 0.6) is 0 Å². The average molecular weight is 251 g/mol. The fraction of sp³-hybridized carbons (Fsp3) is 0.583. The van der Waals surface area contributed by atoms with Crippen molar-refractivity contribution in [3.8, 4) is 0 Å². The second kappa shape index (κ2) is 4.23. The normalized spacial score (nSPS) is 22.5. The van der Waals surface area contributed by atoms with Crippen LogP contribution in [0, 0.1) is 6.92 Å². The van der Waals surface area contributed by atoms with E-state index < -0.39 is 0 Å². The molecule has 1 saturated heterocycles. The van der Waals surface area contributed by atoms with Crippen molar-refractivity contribution in [1.29, 1.82) is 0 Å². The van der Waals surface area contributed by atoms with Crippen molar-refractivity contribution in [3.05, 3.63) is 22.1 Å². The van der Waals surface area contributed by atoms with Gasteiger partial charge in [-0.25, -0.2) is 4.98 Å². The van der Waals surface area contributed by atoms with Crippen LogP contribution in [0.25, 0.3) is 6.08 Å². The van der Waals surface area contributed by atoms with E-state index in [9.17, 15) is 0 Å². The van der Waals surface area contributed by atoms with Crippen LogP contribution in [0.1, 0.15) is 38.3 Å². The van der Waals surface area contributed by atoms with E-state index in [0.717, 1.165) is 10.6 Å². The lowest BCUT2D eigenvalue weighted by molar-refractivity contribution is 0.00578. The summed E-state index contributed by atoms with van der Waals surface area (Å²) in [5.41, 5.74) is 2.34. The van der Waals surface area contributed by atoms with Crippen LogP contribution in [-0.4, -0.2) is 23.3 Å². The fourth-order valence-electron chi connectivity index (χ4n) is 1.60. The molecule has 0 spiro atoms. The summed E-state index contributed by atoms with van der Waals surface area (Å²) in [6.07, 6.45) is 2.02. The maximum Gasteiger partial charge on any atom is 0.487 e. The number of hydrogen-bond acceptors (Lipinski definition) is 4. The molecule has 0 aromatic carbocycles. The van der Waals surface area contributed by atoms with Gasteiger partial charge in [0.2, 0.25) is 0 Å². The quantitative estimate of drug-likeness (QED) is 0.757. The Morgan fingerprint density at radius 2 is 1.82 bits per heavy atom. The highest BCUT2D eigenvalue weighted by Crippen LogP contribution is 2.37. The molecule has 0 bridgehead atoms. The first kappa shape index (κ1) is 12.8. The number of hydrogen-bond donors (Lipinski definition) is 0. The highest BCUT2D eigenvalue weighted by molar-refractivity contribution is 7.10. The van der Waals surface area contributed by atoms with Crippen LogP contribution < -0.4 is 0 Å². The molecule has 0 radical (unpaired) electrons. The monoisotopic (exact) mass is 251 g/mol. The van der Waals surface area contributed by atoms with Crippen molar-refractivity contribution in [2.75, 3.05) is 0 Å². The minimum absolute atomic E-state index is 0.273. The zero-order valence-electron chi connectivity index (χ0n) is 11.0. The largest absolute Gasteiger partial charge is 0.487 e. The predicted octanol–water partition coefficient (Wildman–Crippen LogP) is 3.10. The van der Waals surface area contributed by atoms with Gasteiger partial charge in [-0.2, -0.15) is 0 Å². The molecule has 1 aromatic rings. The molecule has 3 nitrogen and oxygen atoms in total. The van der Waals surface area contributed by atoms with E-state index in [-0.39, 0.29) is 18.3 Å². The van der Waals surface area contributed by atoms with Gasteiger partial charge < -0.3 is 9.31 Å². The fourth-order valence-corrected chi connectivity index (χ4v) is 2.31. The topological polar surface area (TPSA) is 31.4 Å². The molecule has 0 N–H and O–H groups in total. The minimum Gasteiger partial charge on any atom is -0.400 e. The summed E-state index contributed by atoms with van der Waals surface area (Å²) in [4.78, 5) is 5.36. The van der Waals surface area contributed by atoms with E-state index in [1.54, 1.807) is 11.3 Å². The van der Waals surface area contributed by atoms with Crippen molar-refractivity contribution < 1.29 is 9.31 Å². The molecule has 5 heteroatoms. The van der Waals surface area contributed by atoms with Gasteiger partial charge in [0.15, 0.2) is 0 Å². The molecule has 1 aliphatic heterocycles. The van der Waals surface area contributed by atoms with E-state index in [2.05, 4.69) is 32.7 Å². The molecule has 2 heterocycles. The summed E-state index contributed by atoms with van der Waals surface area (Å²) in [6.45, 7) is 10.2. The molecule has 1 aliphatic rings. The molecule has 0 amide bonds. The first-order valence-corrected chi connectivity index (χ1v) is 6.64. The van der Waals surface area contributed by atoms with E-state index >= 15 is 0 Å². The molecule has 0 aliphatic carbocycles. The summed E-state index contributed by atoms with van der Waals surface area (Å²) < 4.78 is 11.8. The lowest BCUT2D eigenvalue weighted by Gasteiger charge is -2.32. The molecule has 17 heavy (non-hydrogen) atoms. The molecule has 92 valence electrons. The Hall–Kier alpha value is -0.645. The third kappa shape index (κ3) is 2.46. The molecule has 2 rings (SSSR count). The Morgan fingerprint density at radius 3 is 2.29 bits per heavy atom. The van der Waals surface area contributed by atoms with Crippen molar-refractivity contribution >= 4 is 24.5 Å². The number of thiazole rings is 1. The summed E-state index contributed by atoms with van der Waals surface area (Å²) in [6, 6.07) is 0. The van der Waals surface area contributed by atoms with Crippen molar-refractivity contribution in [2.24, 2.45) is 0 Å². The van der Waals surface area contributed by atoms with E-state index in [4.69, 9.17) is 9.31 Å². The smallest absolute Gasteiger partial charge is 0.400 e. The maximum absolute atomic E-state index is 5.88. The van der Waals surface area contributed by atoms with Crippen LogP contribution >= 0.6 is 11.3 Å². The highest BCUT2D eigenvalue weighted by Gasteiger charge is 2.49. The Labute approximate surface area is 107 Å². The van der Waals surface area contributed by atoms with Crippen LogP contribution in [0.3, 0.4) is 0 Å². The predicted molar refractivity (Wildman–Crippen MR) is 72.0 cm³/mol. The van der Waals surface area contributed by atoms with Crippen LogP contribution in [0.4, 0.5) is 0 Å². The molecule has 0 unspecified atom stereocenters. The lowest BCUT2D eigenvalue weighted by Crippen LogP contribution is -2.41. The molecular weight excluding hydrogens is 233 g/mol. The van der Waals surface area contributed by atoms with Crippen molar-refractivity contribution in [2.45, 2.75) is 45.8 Å². The molecule has 1 aromatic heterocycles. The van der Waals surface area contributed by atoms with Crippen molar-refractivity contribution in [1.82, 2.24) is 4.98 Å². The first-order chi connectivity index (χ1) is 7.82. The number of aryl methyl sites for hydroxylation is 1. The third-order valence-electron chi connectivity index (χ3n) is 3.46. The Kier molecular flexibility index (Phi) is 3.18. The van der Waals surface area contributed by atoms with Gasteiger partial charge >= 0.3 is 7.12 Å². The van der Waals surface area contributed by atoms with Gasteiger partial charge in [-0.1, -0.05) is 12.1 Å². The van der Waals surface area contributed by atoms with Gasteiger partial charge in [-0.05, 0) is 34.6 Å². The Balaban J connectivity index is 2.08. The van der Waals surface area contributed by atoms with Gasteiger partial charge in [-0.15, -0.1) is 11.3 Å². The van der Waals surface area contributed by atoms with Crippen LogP contribution in [-0.2, 0) is 9.31 Å². The standard InChI is InChI=1S/C12H18BNO2S/c1-9-10(17-8-14-9)6-7-13-15-11(2,3)12(4,5)16-13/h6-8H,1-5H3. The van der Waals surface area contributed by atoms with Crippen LogP contribution in [0.2, 0.25) is 0 Å². The zero-order chi connectivity index (χ0) is 12.7. The highest BCUT2D eigenvalue weighted by atomic mass is 32.1. The zero-order valence-corrected chi connectivity index (χ0v) is 11.8. The first-order valence-electron chi connectivity index (χ1n) is 5.76. The lowest BCUT2D eigenvalue weighted by atomic mass is 9.90. The maximum atomic E-state index is 5.88. The number of rotatable bonds is 2. The van der Waals surface area contributed by atoms with Gasteiger partial charge in [0, 0.05) is 4.88 Å². The van der Waals surface area contributed by atoms with Gasteiger partial charge in [0.05, 0.1) is 22.4 Å². The third-order valence-corrected chi connectivity index (χ3v) is 4.36. The second-order valence-electron chi connectivity index (χ2n) is 5.29. The summed E-state index contributed by atoms with van der Waals surface area (Å²) in [7, 11) is -0.276. The van der Waals surface area contributed by atoms with Crippen molar-refractivity contribution in [3.63, 3.8) is 0 Å². The number of nitrogens with zero attached hydrogens (tertiary/aromatic N) is 1. The molecule has 0 saturated carbocycles. The Bertz CT molecular complexity index is 423. The Morgan fingerprint density at radius 1 is 1.24 bits per heavy atom. The van der Waals surface area contributed by atoms with Gasteiger partial charge in [0.25, 0.3) is 0 Å². The molecule has 1 fully saturated rings.